The number of carbonyl (C=O) groups excluding carboxylic acids is 1. The molecule has 44 heavy (non-hydrogen) atoms. The van der Waals surface area contributed by atoms with Crippen LogP contribution in [0.25, 0.3) is 11.1 Å². The fraction of sp³-hybridized carbons (Fsp3) is 0.571. The molecule has 5 aliphatic rings. The van der Waals surface area contributed by atoms with Gasteiger partial charge < -0.3 is 19.3 Å². The van der Waals surface area contributed by atoms with Gasteiger partial charge in [-0.3, -0.25) is 4.79 Å². The molecule has 0 radical (unpaired) electrons. The lowest BCUT2D eigenvalue weighted by molar-refractivity contribution is -0.137. The summed E-state index contributed by atoms with van der Waals surface area (Å²) in [5, 5.41) is 14.7. The van der Waals surface area contributed by atoms with Gasteiger partial charge in [-0.1, -0.05) is 17.3 Å². The van der Waals surface area contributed by atoms with Gasteiger partial charge in [0.25, 0.3) is 5.89 Å². The SMILES string of the molecule is CC(C)Oc1ccc(-c2cc(N(CC34CCC(c5noc(C6(F)CC6)n5)(CC3)CC4)C(=O)C3CC(C)(O)C3)ccc2F)cc1. The number of anilines is 1. The van der Waals surface area contributed by atoms with Gasteiger partial charge in [0, 0.05) is 29.1 Å². The number of aromatic nitrogens is 2. The molecule has 7 nitrogen and oxygen atoms in total. The zero-order valence-corrected chi connectivity index (χ0v) is 25.7. The fourth-order valence-corrected chi connectivity index (χ4v) is 7.70. The van der Waals surface area contributed by atoms with E-state index < -0.39 is 11.3 Å². The second-order valence-corrected chi connectivity index (χ2v) is 14.6. The molecule has 1 amide bonds. The number of hydrogen-bond acceptors (Lipinski definition) is 6. The Balaban J connectivity index is 1.14. The Morgan fingerprint density at radius 1 is 1.05 bits per heavy atom. The van der Waals surface area contributed by atoms with Crippen molar-refractivity contribution < 1.29 is 27.9 Å². The van der Waals surface area contributed by atoms with Crippen molar-refractivity contribution in [2.75, 3.05) is 11.4 Å². The van der Waals surface area contributed by atoms with Crippen LogP contribution < -0.4 is 9.64 Å². The van der Waals surface area contributed by atoms with E-state index in [0.29, 0.717) is 60.6 Å². The molecular formula is C35H41F2N3O4. The maximum atomic E-state index is 15.2. The minimum absolute atomic E-state index is 0.0213. The lowest BCUT2D eigenvalue weighted by atomic mass is 9.53. The number of halogens is 2. The molecule has 8 rings (SSSR count). The van der Waals surface area contributed by atoms with E-state index in [1.54, 1.807) is 19.1 Å². The molecule has 1 heterocycles. The zero-order chi connectivity index (χ0) is 30.9. The highest BCUT2D eigenvalue weighted by atomic mass is 19.1. The third kappa shape index (κ3) is 5.31. The highest BCUT2D eigenvalue weighted by molar-refractivity contribution is 5.96. The highest BCUT2D eigenvalue weighted by Crippen LogP contribution is 2.58. The van der Waals surface area contributed by atoms with Crippen molar-refractivity contribution in [2.45, 2.75) is 108 Å². The average molecular weight is 606 g/mol. The van der Waals surface area contributed by atoms with Crippen LogP contribution in [-0.2, 0) is 15.9 Å². The molecule has 234 valence electrons. The van der Waals surface area contributed by atoms with Gasteiger partial charge >= 0.3 is 0 Å². The van der Waals surface area contributed by atoms with Crippen molar-refractivity contribution in [3.05, 3.63) is 60.0 Å². The van der Waals surface area contributed by atoms with Gasteiger partial charge in [0.1, 0.15) is 11.6 Å². The smallest absolute Gasteiger partial charge is 0.264 e. The molecule has 0 atom stereocenters. The molecule has 2 bridgehead atoms. The number of nitrogens with zero attached hydrogens (tertiary/aromatic N) is 3. The first kappa shape index (κ1) is 29.4. The van der Waals surface area contributed by atoms with E-state index in [-0.39, 0.29) is 40.5 Å². The van der Waals surface area contributed by atoms with Crippen LogP contribution in [0.5, 0.6) is 5.75 Å². The van der Waals surface area contributed by atoms with Gasteiger partial charge in [-0.05, 0) is 126 Å². The van der Waals surface area contributed by atoms with Crippen LogP contribution in [-0.4, -0.2) is 39.4 Å². The number of aliphatic hydroxyl groups is 1. The Labute approximate surface area is 257 Å². The summed E-state index contributed by atoms with van der Waals surface area (Å²) in [6, 6.07) is 12.3. The van der Waals surface area contributed by atoms with E-state index in [4.69, 9.17) is 9.26 Å². The van der Waals surface area contributed by atoms with Crippen molar-refractivity contribution in [1.29, 1.82) is 0 Å². The first-order valence-electron chi connectivity index (χ1n) is 16.0. The van der Waals surface area contributed by atoms with Crippen LogP contribution in [0.3, 0.4) is 0 Å². The van der Waals surface area contributed by atoms with Gasteiger partial charge in [-0.15, -0.1) is 0 Å². The lowest BCUT2D eigenvalue weighted by Gasteiger charge is -2.54. The summed E-state index contributed by atoms with van der Waals surface area (Å²) in [6.45, 7) is 6.21. The molecule has 0 saturated heterocycles. The molecule has 3 aromatic rings. The Hall–Kier alpha value is -3.33. The first-order chi connectivity index (χ1) is 20.9. The van der Waals surface area contributed by atoms with Gasteiger partial charge in [-0.25, -0.2) is 8.78 Å². The predicted molar refractivity (Wildman–Crippen MR) is 161 cm³/mol. The molecule has 5 fully saturated rings. The number of amides is 1. The third-order valence-electron chi connectivity index (χ3n) is 10.7. The lowest BCUT2D eigenvalue weighted by Crippen LogP contribution is -2.54. The van der Waals surface area contributed by atoms with Gasteiger partial charge in [0.05, 0.1) is 11.7 Å². The molecular weight excluding hydrogens is 564 g/mol. The summed E-state index contributed by atoms with van der Waals surface area (Å²) in [4.78, 5) is 20.4. The van der Waals surface area contributed by atoms with E-state index in [1.165, 1.54) is 6.07 Å². The number of fused-ring (bicyclic) bond motifs is 3. The summed E-state index contributed by atoms with van der Waals surface area (Å²) in [5.74, 6) is 0.805. The Morgan fingerprint density at radius 3 is 2.30 bits per heavy atom. The minimum atomic E-state index is -1.44. The molecule has 0 spiro atoms. The number of carbonyl (C=O) groups is 1. The molecule has 9 heteroatoms. The minimum Gasteiger partial charge on any atom is -0.491 e. The van der Waals surface area contributed by atoms with Crippen molar-refractivity contribution in [3.8, 4) is 16.9 Å². The Kier molecular flexibility index (Phi) is 6.92. The monoisotopic (exact) mass is 605 g/mol. The molecule has 0 unspecified atom stereocenters. The maximum absolute atomic E-state index is 15.2. The molecule has 2 aromatic carbocycles. The average Bonchev–Trinajstić information content (AvgIpc) is 3.53. The molecule has 0 aliphatic heterocycles. The zero-order valence-electron chi connectivity index (χ0n) is 25.7. The first-order valence-corrected chi connectivity index (χ1v) is 16.0. The van der Waals surface area contributed by atoms with Crippen LogP contribution in [0.2, 0.25) is 0 Å². The van der Waals surface area contributed by atoms with Crippen LogP contribution in [0.1, 0.15) is 96.7 Å². The molecule has 1 N–H and O–H groups in total. The van der Waals surface area contributed by atoms with Crippen molar-refractivity contribution >= 4 is 11.6 Å². The summed E-state index contributed by atoms with van der Waals surface area (Å²) in [7, 11) is 0. The fourth-order valence-electron chi connectivity index (χ4n) is 7.70. The number of hydrogen-bond donors (Lipinski definition) is 1. The van der Waals surface area contributed by atoms with E-state index >= 15 is 4.39 Å². The summed E-state index contributed by atoms with van der Waals surface area (Å²) >= 11 is 0. The number of rotatable bonds is 9. The maximum Gasteiger partial charge on any atom is 0.264 e. The standard InChI is InChI=1S/C35H41F2N3O4/c1-22(2)43-26-7-4-23(5-8-26)27-18-25(6-9-28(27)36)40(29(41)24-19-32(3,42)20-24)21-33-10-13-34(14-11-33,15-12-33)30-38-31(44-39-30)35(37)16-17-35/h4-9,18,22,24,42H,10-17,19-21H2,1-3H3. The second kappa shape index (κ2) is 10.4. The van der Waals surface area contributed by atoms with Crippen molar-refractivity contribution in [2.24, 2.45) is 11.3 Å². The van der Waals surface area contributed by atoms with Crippen molar-refractivity contribution in [3.63, 3.8) is 0 Å². The quantitative estimate of drug-likeness (QED) is 0.273. The number of ether oxygens (including phenoxy) is 1. The van der Waals surface area contributed by atoms with Crippen LogP contribution in [0.4, 0.5) is 14.5 Å². The Morgan fingerprint density at radius 2 is 1.70 bits per heavy atom. The number of alkyl halides is 1. The molecule has 5 saturated carbocycles. The highest BCUT2D eigenvalue weighted by Gasteiger charge is 2.55. The van der Waals surface area contributed by atoms with E-state index in [2.05, 4.69) is 10.1 Å². The van der Waals surface area contributed by atoms with Gasteiger partial charge in [-0.2, -0.15) is 4.98 Å². The number of benzene rings is 2. The summed E-state index contributed by atoms with van der Waals surface area (Å²) in [6.07, 6.45) is 6.95. The van der Waals surface area contributed by atoms with Gasteiger partial charge in [0.15, 0.2) is 11.5 Å². The summed E-state index contributed by atoms with van der Waals surface area (Å²) < 4.78 is 41.0. The van der Waals surface area contributed by atoms with Gasteiger partial charge in [0.2, 0.25) is 5.91 Å². The van der Waals surface area contributed by atoms with E-state index in [0.717, 1.165) is 38.5 Å². The van der Waals surface area contributed by atoms with Crippen LogP contribution in [0.15, 0.2) is 47.0 Å². The normalized spacial score (nSPS) is 30.2. The summed E-state index contributed by atoms with van der Waals surface area (Å²) in [5.41, 5.74) is -0.801. The van der Waals surface area contributed by atoms with Crippen molar-refractivity contribution in [1.82, 2.24) is 10.1 Å². The third-order valence-corrected chi connectivity index (χ3v) is 10.7. The van der Waals surface area contributed by atoms with E-state index in [9.17, 15) is 14.3 Å². The topological polar surface area (TPSA) is 88.7 Å². The second-order valence-electron chi connectivity index (χ2n) is 14.6. The van der Waals surface area contributed by atoms with E-state index in [1.807, 2.05) is 43.0 Å². The molecule has 5 aliphatic carbocycles. The Bertz CT molecular complexity index is 1530. The molecule has 1 aromatic heterocycles. The van der Waals surface area contributed by atoms with Crippen LogP contribution >= 0.6 is 0 Å². The predicted octanol–water partition coefficient (Wildman–Crippen LogP) is 7.41. The largest absolute Gasteiger partial charge is 0.491 e. The van der Waals surface area contributed by atoms with Crippen LogP contribution in [0, 0.1) is 17.2 Å².